The summed E-state index contributed by atoms with van der Waals surface area (Å²) in [6.07, 6.45) is 10.7. The normalized spacial score (nSPS) is 12.8. The van der Waals surface area contributed by atoms with E-state index in [-0.39, 0.29) is 17.8 Å². The molecule has 1 rings (SSSR count). The van der Waals surface area contributed by atoms with E-state index < -0.39 is 17.9 Å². The maximum absolute atomic E-state index is 12.4. The van der Waals surface area contributed by atoms with Crippen molar-refractivity contribution in [2.24, 2.45) is 5.92 Å². The third-order valence-electron chi connectivity index (χ3n) is 5.23. The summed E-state index contributed by atoms with van der Waals surface area (Å²) in [5.41, 5.74) is 4.45. The van der Waals surface area contributed by atoms with Crippen LogP contribution in [0.4, 0.5) is 0 Å². The van der Waals surface area contributed by atoms with Crippen molar-refractivity contribution in [1.82, 2.24) is 0 Å². The molecule has 0 aliphatic rings. The minimum Gasteiger partial charge on any atom is -0.481 e. The fourth-order valence-corrected chi connectivity index (χ4v) is 4.19. The predicted octanol–water partition coefficient (Wildman–Crippen LogP) is 6.81. The lowest BCUT2D eigenvalue weighted by Gasteiger charge is -2.11. The number of carboxylic acid groups (broad SMARTS) is 2. The number of carbonyl (C=O) groups is 3. The number of carbonyl (C=O) groups excluding carboxylic acids is 1. The number of allylic oxidation sites excluding steroid dienone is 5. The van der Waals surface area contributed by atoms with E-state index in [0.717, 1.165) is 25.7 Å². The zero-order valence-electron chi connectivity index (χ0n) is 20.1. The van der Waals surface area contributed by atoms with Gasteiger partial charge in [0.2, 0.25) is 0 Å². The molecule has 0 radical (unpaired) electrons. The van der Waals surface area contributed by atoms with Gasteiger partial charge in [0, 0.05) is 23.5 Å². The second-order valence-corrected chi connectivity index (χ2v) is 9.62. The van der Waals surface area contributed by atoms with Gasteiger partial charge >= 0.3 is 11.9 Å². The SMILES string of the molecule is CC(C)=CCC/C(C)=C/CC/C(C)=C/CSCC(CC(=O)c1ccc(C(=O)O)cc1)C(=O)O. The molecule has 1 unspecified atom stereocenters. The Kier molecular flexibility index (Phi) is 13.2. The maximum atomic E-state index is 12.4. The van der Waals surface area contributed by atoms with Crippen LogP contribution in [0, 0.1) is 5.92 Å². The molecule has 2 N–H and O–H groups in total. The van der Waals surface area contributed by atoms with Crippen molar-refractivity contribution in [1.29, 1.82) is 0 Å². The first kappa shape index (κ1) is 28.4. The summed E-state index contributed by atoms with van der Waals surface area (Å²) in [5, 5.41) is 18.4. The molecule has 0 saturated heterocycles. The Hall–Kier alpha value is -2.60. The maximum Gasteiger partial charge on any atom is 0.335 e. The fourth-order valence-electron chi connectivity index (χ4n) is 3.11. The standard InChI is InChI=1S/C27H36O5S/c1-19(2)7-5-8-20(3)9-6-10-21(4)15-16-33-18-24(27(31)32)17-25(28)22-11-13-23(14-12-22)26(29)30/h7,9,11-15,24H,5-6,8,10,16-18H2,1-4H3,(H,29,30)(H,31,32)/b20-9+,21-15+. The highest BCUT2D eigenvalue weighted by molar-refractivity contribution is 7.99. The van der Waals surface area contributed by atoms with E-state index in [1.807, 2.05) is 0 Å². The molecule has 0 amide bonds. The van der Waals surface area contributed by atoms with Crippen molar-refractivity contribution >= 4 is 29.5 Å². The summed E-state index contributed by atoms with van der Waals surface area (Å²) in [7, 11) is 0. The number of rotatable bonds is 15. The number of ketones is 1. The second-order valence-electron chi connectivity index (χ2n) is 8.54. The average Bonchev–Trinajstić information content (AvgIpc) is 2.75. The molecule has 33 heavy (non-hydrogen) atoms. The highest BCUT2D eigenvalue weighted by Crippen LogP contribution is 2.18. The highest BCUT2D eigenvalue weighted by atomic mass is 32.2. The molecule has 0 spiro atoms. The van der Waals surface area contributed by atoms with E-state index in [9.17, 15) is 19.5 Å². The Labute approximate surface area is 201 Å². The number of hydrogen-bond donors (Lipinski definition) is 2. The number of Topliss-reactive ketones (excluding diaryl/α,β-unsaturated/α-hetero) is 1. The quantitative estimate of drug-likeness (QED) is 0.165. The summed E-state index contributed by atoms with van der Waals surface area (Å²) < 4.78 is 0. The van der Waals surface area contributed by atoms with Crippen molar-refractivity contribution in [2.45, 2.75) is 59.8 Å². The van der Waals surface area contributed by atoms with Gasteiger partial charge < -0.3 is 10.2 Å². The van der Waals surface area contributed by atoms with Gasteiger partial charge in [0.05, 0.1) is 11.5 Å². The van der Waals surface area contributed by atoms with Crippen LogP contribution in [0.2, 0.25) is 0 Å². The zero-order valence-corrected chi connectivity index (χ0v) is 20.9. The van der Waals surface area contributed by atoms with E-state index in [2.05, 4.69) is 45.9 Å². The minimum absolute atomic E-state index is 0.0911. The molecule has 0 aliphatic carbocycles. The van der Waals surface area contributed by atoms with Gasteiger partial charge in [0.25, 0.3) is 0 Å². The van der Waals surface area contributed by atoms with Gasteiger partial charge in [-0.3, -0.25) is 9.59 Å². The average molecular weight is 473 g/mol. The van der Waals surface area contributed by atoms with Crippen LogP contribution in [0.3, 0.4) is 0 Å². The summed E-state index contributed by atoms with van der Waals surface area (Å²) in [6, 6.07) is 5.57. The number of benzene rings is 1. The largest absolute Gasteiger partial charge is 0.481 e. The molecule has 5 nitrogen and oxygen atoms in total. The van der Waals surface area contributed by atoms with Gasteiger partial charge in [-0.15, -0.1) is 0 Å². The van der Waals surface area contributed by atoms with E-state index in [4.69, 9.17) is 5.11 Å². The van der Waals surface area contributed by atoms with Gasteiger partial charge in [0.1, 0.15) is 0 Å². The predicted molar refractivity (Wildman–Crippen MR) is 136 cm³/mol. The van der Waals surface area contributed by atoms with Gasteiger partial charge in [-0.1, -0.05) is 47.1 Å². The van der Waals surface area contributed by atoms with Crippen LogP contribution in [-0.2, 0) is 4.79 Å². The molecule has 0 saturated carbocycles. The Morgan fingerprint density at radius 1 is 0.848 bits per heavy atom. The first-order chi connectivity index (χ1) is 15.6. The van der Waals surface area contributed by atoms with Crippen LogP contribution in [0.1, 0.15) is 80.5 Å². The number of carboxylic acids is 2. The first-order valence-corrected chi connectivity index (χ1v) is 12.4. The van der Waals surface area contributed by atoms with E-state index >= 15 is 0 Å². The molecule has 1 aromatic rings. The van der Waals surface area contributed by atoms with Gasteiger partial charge in [-0.05, 0) is 65.5 Å². The molecule has 0 bridgehead atoms. The number of aliphatic carboxylic acids is 1. The zero-order chi connectivity index (χ0) is 24.8. The van der Waals surface area contributed by atoms with Crippen molar-refractivity contribution in [3.63, 3.8) is 0 Å². The lowest BCUT2D eigenvalue weighted by atomic mass is 9.99. The van der Waals surface area contributed by atoms with Crippen molar-refractivity contribution < 1.29 is 24.6 Å². The third-order valence-corrected chi connectivity index (χ3v) is 6.27. The molecule has 0 fully saturated rings. The lowest BCUT2D eigenvalue weighted by Crippen LogP contribution is -2.20. The summed E-state index contributed by atoms with van der Waals surface area (Å²) in [6.45, 7) is 8.49. The number of aromatic carboxylic acids is 1. The summed E-state index contributed by atoms with van der Waals surface area (Å²) >= 11 is 1.51. The monoisotopic (exact) mass is 472 g/mol. The van der Waals surface area contributed by atoms with Crippen molar-refractivity contribution in [3.8, 4) is 0 Å². The molecule has 1 atom stereocenters. The minimum atomic E-state index is -1.07. The first-order valence-electron chi connectivity index (χ1n) is 11.2. The van der Waals surface area contributed by atoms with Gasteiger partial charge in [-0.25, -0.2) is 4.79 Å². The van der Waals surface area contributed by atoms with Crippen molar-refractivity contribution in [2.75, 3.05) is 11.5 Å². The molecule has 0 heterocycles. The van der Waals surface area contributed by atoms with Gasteiger partial charge in [-0.2, -0.15) is 11.8 Å². The number of hydrogen-bond acceptors (Lipinski definition) is 4. The topological polar surface area (TPSA) is 91.7 Å². The highest BCUT2D eigenvalue weighted by Gasteiger charge is 2.22. The van der Waals surface area contributed by atoms with Crippen LogP contribution in [0.5, 0.6) is 0 Å². The van der Waals surface area contributed by atoms with E-state index in [1.54, 1.807) is 0 Å². The summed E-state index contributed by atoms with van der Waals surface area (Å²) in [4.78, 5) is 34.9. The van der Waals surface area contributed by atoms with Crippen LogP contribution < -0.4 is 0 Å². The van der Waals surface area contributed by atoms with Crippen molar-refractivity contribution in [3.05, 3.63) is 70.3 Å². The van der Waals surface area contributed by atoms with E-state index in [0.29, 0.717) is 17.1 Å². The van der Waals surface area contributed by atoms with E-state index in [1.165, 1.54) is 52.7 Å². The Bertz CT molecular complexity index is 890. The summed E-state index contributed by atoms with van der Waals surface area (Å²) in [5.74, 6) is -2.07. The van der Waals surface area contributed by atoms with Crippen LogP contribution >= 0.6 is 11.8 Å². The molecule has 180 valence electrons. The van der Waals surface area contributed by atoms with Gasteiger partial charge in [0.15, 0.2) is 5.78 Å². The van der Waals surface area contributed by atoms with Crippen LogP contribution in [-0.4, -0.2) is 39.4 Å². The van der Waals surface area contributed by atoms with Crippen LogP contribution in [0.15, 0.2) is 59.2 Å². The second kappa shape index (κ2) is 15.3. The Morgan fingerprint density at radius 3 is 1.94 bits per heavy atom. The molecule has 1 aromatic carbocycles. The fraction of sp³-hybridized carbons (Fsp3) is 0.444. The van der Waals surface area contributed by atoms with Crippen LogP contribution in [0.25, 0.3) is 0 Å². The molecular formula is C27H36O5S. The number of thioether (sulfide) groups is 1. The smallest absolute Gasteiger partial charge is 0.335 e. The third kappa shape index (κ3) is 12.3. The Balaban J connectivity index is 2.44. The molecular weight excluding hydrogens is 436 g/mol. The Morgan fingerprint density at radius 2 is 1.39 bits per heavy atom. The molecule has 0 aromatic heterocycles. The molecule has 6 heteroatoms. The molecule has 0 aliphatic heterocycles. The lowest BCUT2D eigenvalue weighted by molar-refractivity contribution is -0.140.